The molecule has 1 rings (SSSR count). The van der Waals surface area contributed by atoms with Gasteiger partial charge in [0, 0.05) is 13.0 Å². The van der Waals surface area contributed by atoms with Gasteiger partial charge in [-0.05, 0) is 26.6 Å². The van der Waals surface area contributed by atoms with Crippen LogP contribution in [-0.2, 0) is 0 Å². The molecule has 1 N–H and O–H groups in total. The molecule has 1 aromatic carbocycles. The van der Waals surface area contributed by atoms with Gasteiger partial charge in [0.1, 0.15) is 0 Å². The van der Waals surface area contributed by atoms with Gasteiger partial charge in [-0.1, -0.05) is 35.0 Å². The number of oxime groups is 1. The summed E-state index contributed by atoms with van der Waals surface area (Å²) in [7, 11) is 4.01. The summed E-state index contributed by atoms with van der Waals surface area (Å²) in [6.07, 6.45) is 0.757. The number of hydrogen-bond acceptors (Lipinski definition) is 3. The van der Waals surface area contributed by atoms with Crippen LogP contribution in [0.5, 0.6) is 0 Å². The Bertz CT molecular complexity index is 328. The largest absolute Gasteiger partial charge is 0.411 e. The van der Waals surface area contributed by atoms with Crippen molar-refractivity contribution in [2.24, 2.45) is 5.16 Å². The molecule has 0 aliphatic rings. The second kappa shape index (κ2) is 5.51. The molecule has 0 saturated carbocycles. The zero-order valence-corrected chi connectivity index (χ0v) is 9.57. The molecule has 0 heterocycles. The number of aryl methyl sites for hydroxylation is 1. The highest BCUT2D eigenvalue weighted by atomic mass is 16.4. The fourth-order valence-electron chi connectivity index (χ4n) is 1.33. The topological polar surface area (TPSA) is 35.8 Å². The zero-order chi connectivity index (χ0) is 11.3. The highest BCUT2D eigenvalue weighted by Gasteiger charge is 2.04. The molecule has 0 spiro atoms. The average Bonchev–Trinajstić information content (AvgIpc) is 2.21. The minimum atomic E-state index is 0.740. The molecule has 0 aromatic heterocycles. The predicted octanol–water partition coefficient (Wildman–Crippen LogP) is 2.13. The average molecular weight is 206 g/mol. The Morgan fingerprint density at radius 1 is 1.27 bits per heavy atom. The van der Waals surface area contributed by atoms with E-state index in [1.54, 1.807) is 0 Å². The van der Waals surface area contributed by atoms with Crippen LogP contribution in [0.2, 0.25) is 0 Å². The normalized spacial score (nSPS) is 12.1. The standard InChI is InChI=1S/C12H18N2O/c1-10-4-6-11(7-5-10)12(13-15)8-9-14(2)3/h4-7,15H,8-9H2,1-3H3/b13-12-. The van der Waals surface area contributed by atoms with E-state index in [4.69, 9.17) is 5.21 Å². The lowest BCUT2D eigenvalue weighted by Gasteiger charge is -2.10. The van der Waals surface area contributed by atoms with Crippen LogP contribution in [0.25, 0.3) is 0 Å². The Balaban J connectivity index is 2.71. The van der Waals surface area contributed by atoms with Gasteiger partial charge in [-0.15, -0.1) is 0 Å². The molecule has 15 heavy (non-hydrogen) atoms. The van der Waals surface area contributed by atoms with E-state index in [2.05, 4.69) is 10.1 Å². The van der Waals surface area contributed by atoms with Gasteiger partial charge in [0.15, 0.2) is 0 Å². The highest BCUT2D eigenvalue weighted by molar-refractivity contribution is 6.00. The molecule has 0 unspecified atom stereocenters. The van der Waals surface area contributed by atoms with Crippen molar-refractivity contribution in [3.8, 4) is 0 Å². The molecule has 0 bridgehead atoms. The molecule has 0 aliphatic heterocycles. The maximum Gasteiger partial charge on any atom is 0.0880 e. The summed E-state index contributed by atoms with van der Waals surface area (Å²) in [5, 5.41) is 12.3. The Kier molecular flexibility index (Phi) is 4.31. The first-order chi connectivity index (χ1) is 7.13. The van der Waals surface area contributed by atoms with E-state index in [9.17, 15) is 0 Å². The molecule has 0 saturated heterocycles. The molecule has 3 nitrogen and oxygen atoms in total. The Morgan fingerprint density at radius 3 is 2.33 bits per heavy atom. The van der Waals surface area contributed by atoms with E-state index in [-0.39, 0.29) is 0 Å². The van der Waals surface area contributed by atoms with E-state index >= 15 is 0 Å². The molecule has 0 radical (unpaired) electrons. The van der Waals surface area contributed by atoms with E-state index < -0.39 is 0 Å². The van der Waals surface area contributed by atoms with E-state index in [0.29, 0.717) is 0 Å². The van der Waals surface area contributed by atoms with Crippen molar-refractivity contribution < 1.29 is 5.21 Å². The van der Waals surface area contributed by atoms with Gasteiger partial charge in [-0.25, -0.2) is 0 Å². The third-order valence-electron chi connectivity index (χ3n) is 2.30. The minimum absolute atomic E-state index is 0.740. The Hall–Kier alpha value is -1.35. The highest BCUT2D eigenvalue weighted by Crippen LogP contribution is 2.07. The minimum Gasteiger partial charge on any atom is -0.411 e. The summed E-state index contributed by atoms with van der Waals surface area (Å²) < 4.78 is 0. The number of hydrogen-bond donors (Lipinski definition) is 1. The third kappa shape index (κ3) is 3.72. The van der Waals surface area contributed by atoms with Crippen molar-refractivity contribution >= 4 is 5.71 Å². The maximum absolute atomic E-state index is 8.93. The van der Waals surface area contributed by atoms with Gasteiger partial charge in [0.05, 0.1) is 5.71 Å². The molecule has 82 valence electrons. The zero-order valence-electron chi connectivity index (χ0n) is 9.57. The summed E-state index contributed by atoms with van der Waals surface area (Å²) in [5.74, 6) is 0. The van der Waals surface area contributed by atoms with Gasteiger partial charge in [-0.3, -0.25) is 0 Å². The Morgan fingerprint density at radius 2 is 1.87 bits per heavy atom. The van der Waals surface area contributed by atoms with Crippen LogP contribution in [0.15, 0.2) is 29.4 Å². The van der Waals surface area contributed by atoms with Crippen LogP contribution in [0.3, 0.4) is 0 Å². The smallest absolute Gasteiger partial charge is 0.0880 e. The van der Waals surface area contributed by atoms with Crippen molar-refractivity contribution in [3.05, 3.63) is 35.4 Å². The fourth-order valence-corrected chi connectivity index (χ4v) is 1.33. The second-order valence-corrected chi connectivity index (χ2v) is 3.97. The first-order valence-electron chi connectivity index (χ1n) is 5.06. The molecule has 0 atom stereocenters. The third-order valence-corrected chi connectivity index (χ3v) is 2.30. The van der Waals surface area contributed by atoms with E-state index in [0.717, 1.165) is 24.2 Å². The van der Waals surface area contributed by atoms with Crippen LogP contribution in [0.4, 0.5) is 0 Å². The molecular weight excluding hydrogens is 188 g/mol. The van der Waals surface area contributed by atoms with Gasteiger partial charge < -0.3 is 10.1 Å². The number of benzene rings is 1. The molecule has 3 heteroatoms. The van der Waals surface area contributed by atoms with Gasteiger partial charge in [-0.2, -0.15) is 0 Å². The van der Waals surface area contributed by atoms with Crippen LogP contribution in [0, 0.1) is 6.92 Å². The summed E-state index contributed by atoms with van der Waals surface area (Å²) >= 11 is 0. The molecular formula is C12H18N2O. The van der Waals surface area contributed by atoms with Crippen LogP contribution in [0.1, 0.15) is 17.5 Å². The van der Waals surface area contributed by atoms with E-state index in [1.807, 2.05) is 45.3 Å². The molecule has 0 aliphatic carbocycles. The van der Waals surface area contributed by atoms with Crippen LogP contribution < -0.4 is 0 Å². The van der Waals surface area contributed by atoms with Crippen LogP contribution >= 0.6 is 0 Å². The van der Waals surface area contributed by atoms with Crippen molar-refractivity contribution in [2.45, 2.75) is 13.3 Å². The van der Waals surface area contributed by atoms with Crippen molar-refractivity contribution in [2.75, 3.05) is 20.6 Å². The van der Waals surface area contributed by atoms with Crippen molar-refractivity contribution in [1.29, 1.82) is 0 Å². The summed E-state index contributed by atoms with van der Waals surface area (Å²) in [6, 6.07) is 8.02. The molecule has 1 aromatic rings. The first kappa shape index (κ1) is 11.7. The SMILES string of the molecule is Cc1ccc(/C(CCN(C)C)=N\O)cc1. The molecule has 0 fully saturated rings. The van der Waals surface area contributed by atoms with Gasteiger partial charge >= 0.3 is 0 Å². The van der Waals surface area contributed by atoms with Crippen molar-refractivity contribution in [3.63, 3.8) is 0 Å². The predicted molar refractivity (Wildman–Crippen MR) is 62.7 cm³/mol. The summed E-state index contributed by atoms with van der Waals surface area (Å²) in [5.41, 5.74) is 2.94. The first-order valence-corrected chi connectivity index (χ1v) is 5.06. The fraction of sp³-hybridized carbons (Fsp3) is 0.417. The van der Waals surface area contributed by atoms with E-state index in [1.165, 1.54) is 5.56 Å². The second-order valence-electron chi connectivity index (χ2n) is 3.97. The lowest BCUT2D eigenvalue weighted by molar-refractivity contribution is 0.316. The lowest BCUT2D eigenvalue weighted by Crippen LogP contribution is -2.17. The summed E-state index contributed by atoms with van der Waals surface area (Å²) in [6.45, 7) is 2.92. The van der Waals surface area contributed by atoms with Gasteiger partial charge in [0.25, 0.3) is 0 Å². The van der Waals surface area contributed by atoms with Crippen molar-refractivity contribution in [1.82, 2.24) is 4.90 Å². The Labute approximate surface area is 91.0 Å². The number of rotatable bonds is 4. The van der Waals surface area contributed by atoms with Gasteiger partial charge in [0.2, 0.25) is 0 Å². The lowest BCUT2D eigenvalue weighted by atomic mass is 10.1. The molecule has 0 amide bonds. The monoisotopic (exact) mass is 206 g/mol. The van der Waals surface area contributed by atoms with Crippen LogP contribution in [-0.4, -0.2) is 36.5 Å². The summed E-state index contributed by atoms with van der Waals surface area (Å²) in [4.78, 5) is 2.07. The quantitative estimate of drug-likeness (QED) is 0.465. The number of nitrogens with zero attached hydrogens (tertiary/aromatic N) is 2. The maximum atomic E-state index is 8.93.